The van der Waals surface area contributed by atoms with E-state index in [-0.39, 0.29) is 16.9 Å². The predicted octanol–water partition coefficient (Wildman–Crippen LogP) is 4.96. The molecule has 5 heteroatoms. The molecule has 2 nitrogen and oxygen atoms in total. The minimum Gasteiger partial charge on any atom is -0.497 e. The van der Waals surface area contributed by atoms with Crippen molar-refractivity contribution in [3.05, 3.63) is 47.8 Å². The standard InChI is InChI=1S/C17H17F3O2/c1-3-4-9-22-15-8-7-13(16(19)17(15)20)12-6-5-11(21-2)10-14(12)18/h5-8,10H,3-4,9H2,1-2H3. The molecular weight excluding hydrogens is 293 g/mol. The van der Waals surface area contributed by atoms with Crippen LogP contribution in [0.25, 0.3) is 11.1 Å². The Morgan fingerprint density at radius 2 is 1.68 bits per heavy atom. The SMILES string of the molecule is CCCCOc1ccc(-c2ccc(OC)cc2F)c(F)c1F. The van der Waals surface area contributed by atoms with Crippen LogP contribution in [0.5, 0.6) is 11.5 Å². The van der Waals surface area contributed by atoms with E-state index in [1.807, 2.05) is 6.92 Å². The van der Waals surface area contributed by atoms with Gasteiger partial charge in [-0.05, 0) is 30.7 Å². The second-order valence-electron chi connectivity index (χ2n) is 4.79. The van der Waals surface area contributed by atoms with Gasteiger partial charge < -0.3 is 9.47 Å². The van der Waals surface area contributed by atoms with E-state index in [1.54, 1.807) is 0 Å². The zero-order chi connectivity index (χ0) is 16.1. The third kappa shape index (κ3) is 3.35. The van der Waals surface area contributed by atoms with Crippen molar-refractivity contribution in [1.29, 1.82) is 0 Å². The molecule has 118 valence electrons. The first-order chi connectivity index (χ1) is 10.6. The maximum Gasteiger partial charge on any atom is 0.201 e. The lowest BCUT2D eigenvalue weighted by Crippen LogP contribution is -2.01. The van der Waals surface area contributed by atoms with Crippen LogP contribution in [0.1, 0.15) is 19.8 Å². The van der Waals surface area contributed by atoms with Crippen LogP contribution in [-0.4, -0.2) is 13.7 Å². The van der Waals surface area contributed by atoms with E-state index in [0.29, 0.717) is 12.4 Å². The first kappa shape index (κ1) is 16.2. The highest BCUT2D eigenvalue weighted by molar-refractivity contribution is 5.66. The summed E-state index contributed by atoms with van der Waals surface area (Å²) in [6.45, 7) is 2.28. The van der Waals surface area contributed by atoms with Crippen molar-refractivity contribution in [3.63, 3.8) is 0 Å². The number of hydrogen-bond donors (Lipinski definition) is 0. The first-order valence-corrected chi connectivity index (χ1v) is 7.03. The van der Waals surface area contributed by atoms with E-state index in [9.17, 15) is 13.2 Å². The van der Waals surface area contributed by atoms with Crippen molar-refractivity contribution in [1.82, 2.24) is 0 Å². The number of benzene rings is 2. The molecule has 0 fully saturated rings. The Hall–Kier alpha value is -2.17. The molecule has 0 saturated heterocycles. The Kier molecular flexibility index (Phi) is 5.31. The molecule has 0 heterocycles. The Labute approximate surface area is 127 Å². The molecule has 22 heavy (non-hydrogen) atoms. The fourth-order valence-electron chi connectivity index (χ4n) is 2.02. The second kappa shape index (κ2) is 7.20. The molecule has 0 aliphatic carbocycles. The highest BCUT2D eigenvalue weighted by Gasteiger charge is 2.18. The summed E-state index contributed by atoms with van der Waals surface area (Å²) in [5, 5.41) is 0. The van der Waals surface area contributed by atoms with Gasteiger partial charge >= 0.3 is 0 Å². The van der Waals surface area contributed by atoms with Gasteiger partial charge in [-0.2, -0.15) is 4.39 Å². The molecule has 0 aliphatic rings. The summed E-state index contributed by atoms with van der Waals surface area (Å²) in [6.07, 6.45) is 1.63. The highest BCUT2D eigenvalue weighted by Crippen LogP contribution is 2.32. The molecule has 2 rings (SSSR count). The van der Waals surface area contributed by atoms with E-state index in [2.05, 4.69) is 0 Å². The molecule has 0 N–H and O–H groups in total. The van der Waals surface area contributed by atoms with Crippen LogP contribution in [0, 0.1) is 17.5 Å². The van der Waals surface area contributed by atoms with Crippen LogP contribution < -0.4 is 9.47 Å². The fraction of sp³-hybridized carbons (Fsp3) is 0.294. The largest absolute Gasteiger partial charge is 0.497 e. The monoisotopic (exact) mass is 310 g/mol. The van der Waals surface area contributed by atoms with Crippen molar-refractivity contribution in [3.8, 4) is 22.6 Å². The minimum atomic E-state index is -1.13. The normalized spacial score (nSPS) is 10.6. The van der Waals surface area contributed by atoms with Gasteiger partial charge in [0.15, 0.2) is 11.6 Å². The number of rotatable bonds is 6. The van der Waals surface area contributed by atoms with Crippen molar-refractivity contribution in [2.75, 3.05) is 13.7 Å². The average molecular weight is 310 g/mol. The van der Waals surface area contributed by atoms with Crippen LogP contribution in [0.15, 0.2) is 30.3 Å². The van der Waals surface area contributed by atoms with Gasteiger partial charge in [0.05, 0.1) is 13.7 Å². The Morgan fingerprint density at radius 1 is 0.955 bits per heavy atom. The lowest BCUT2D eigenvalue weighted by molar-refractivity contribution is 0.289. The quantitative estimate of drug-likeness (QED) is 0.702. The van der Waals surface area contributed by atoms with Crippen LogP contribution in [0.3, 0.4) is 0 Å². The molecule has 2 aromatic rings. The molecular formula is C17H17F3O2. The van der Waals surface area contributed by atoms with E-state index >= 15 is 0 Å². The van der Waals surface area contributed by atoms with E-state index in [1.165, 1.54) is 31.4 Å². The Morgan fingerprint density at radius 3 is 2.32 bits per heavy atom. The summed E-state index contributed by atoms with van der Waals surface area (Å²) in [6, 6.07) is 6.58. The Balaban J connectivity index is 2.35. The maximum atomic E-state index is 14.2. The molecule has 0 spiro atoms. The number of halogens is 3. The van der Waals surface area contributed by atoms with Crippen molar-refractivity contribution >= 4 is 0 Å². The molecule has 0 saturated carbocycles. The van der Waals surface area contributed by atoms with Gasteiger partial charge in [-0.1, -0.05) is 13.3 Å². The maximum absolute atomic E-state index is 14.2. The predicted molar refractivity (Wildman–Crippen MR) is 78.7 cm³/mol. The van der Waals surface area contributed by atoms with Crippen LogP contribution >= 0.6 is 0 Å². The molecule has 0 aromatic heterocycles. The van der Waals surface area contributed by atoms with Gasteiger partial charge in [-0.3, -0.25) is 0 Å². The van der Waals surface area contributed by atoms with E-state index in [4.69, 9.17) is 9.47 Å². The first-order valence-electron chi connectivity index (χ1n) is 7.03. The topological polar surface area (TPSA) is 18.5 Å². The third-order valence-corrected chi connectivity index (χ3v) is 3.27. The van der Waals surface area contributed by atoms with Crippen LogP contribution in [-0.2, 0) is 0 Å². The highest BCUT2D eigenvalue weighted by atomic mass is 19.2. The van der Waals surface area contributed by atoms with Crippen molar-refractivity contribution < 1.29 is 22.6 Å². The Bertz CT molecular complexity index is 657. The molecule has 0 bridgehead atoms. The van der Waals surface area contributed by atoms with Crippen molar-refractivity contribution in [2.45, 2.75) is 19.8 Å². The summed E-state index contributed by atoms with van der Waals surface area (Å²) >= 11 is 0. The summed E-state index contributed by atoms with van der Waals surface area (Å²) in [5.41, 5.74) is -0.183. The summed E-state index contributed by atoms with van der Waals surface area (Å²) in [4.78, 5) is 0. The van der Waals surface area contributed by atoms with Gasteiger partial charge in [-0.25, -0.2) is 8.78 Å². The number of unbranched alkanes of at least 4 members (excludes halogenated alkanes) is 1. The molecule has 0 atom stereocenters. The lowest BCUT2D eigenvalue weighted by Gasteiger charge is -2.11. The summed E-state index contributed by atoms with van der Waals surface area (Å²) < 4.78 is 52.2. The van der Waals surface area contributed by atoms with Gasteiger partial charge in [0, 0.05) is 17.2 Å². The van der Waals surface area contributed by atoms with E-state index in [0.717, 1.165) is 18.9 Å². The van der Waals surface area contributed by atoms with Gasteiger partial charge in [0.1, 0.15) is 11.6 Å². The van der Waals surface area contributed by atoms with Crippen molar-refractivity contribution in [2.24, 2.45) is 0 Å². The molecule has 0 radical (unpaired) electrons. The fourth-order valence-corrected chi connectivity index (χ4v) is 2.02. The molecule has 2 aromatic carbocycles. The number of hydrogen-bond acceptors (Lipinski definition) is 2. The zero-order valence-electron chi connectivity index (χ0n) is 12.5. The third-order valence-electron chi connectivity index (χ3n) is 3.27. The summed E-state index contributed by atoms with van der Waals surface area (Å²) in [7, 11) is 1.40. The second-order valence-corrected chi connectivity index (χ2v) is 4.79. The smallest absolute Gasteiger partial charge is 0.201 e. The molecule has 0 unspecified atom stereocenters. The zero-order valence-corrected chi connectivity index (χ0v) is 12.5. The minimum absolute atomic E-state index is 0.0303. The van der Waals surface area contributed by atoms with Gasteiger partial charge in [-0.15, -0.1) is 0 Å². The van der Waals surface area contributed by atoms with Crippen LogP contribution in [0.2, 0.25) is 0 Å². The van der Waals surface area contributed by atoms with Gasteiger partial charge in [0.25, 0.3) is 0 Å². The average Bonchev–Trinajstić information content (AvgIpc) is 2.52. The number of methoxy groups -OCH3 is 1. The number of ether oxygens (including phenoxy) is 2. The molecule has 0 aliphatic heterocycles. The van der Waals surface area contributed by atoms with Gasteiger partial charge in [0.2, 0.25) is 5.82 Å². The van der Waals surface area contributed by atoms with Crippen LogP contribution in [0.4, 0.5) is 13.2 Å². The summed E-state index contributed by atoms with van der Waals surface area (Å²) in [5.74, 6) is -2.77. The molecule has 0 amide bonds. The lowest BCUT2D eigenvalue weighted by atomic mass is 10.0. The van der Waals surface area contributed by atoms with E-state index < -0.39 is 17.5 Å².